The number of sulfone groups is 1. The minimum atomic E-state index is -3.29. The largest absolute Gasteiger partial charge is 0.352 e. The van der Waals surface area contributed by atoms with Crippen molar-refractivity contribution in [1.82, 2.24) is 5.32 Å². The molecule has 0 atom stereocenters. The Kier molecular flexibility index (Phi) is 4.25. The molecule has 0 aromatic rings. The molecule has 4 nitrogen and oxygen atoms in total. The molecule has 2 saturated carbocycles. The van der Waals surface area contributed by atoms with Crippen molar-refractivity contribution in [2.75, 3.05) is 12.4 Å². The zero-order chi connectivity index (χ0) is 13.2. The normalized spacial score (nSPS) is 28.9. The van der Waals surface area contributed by atoms with E-state index >= 15 is 0 Å². The van der Waals surface area contributed by atoms with Crippen molar-refractivity contribution < 1.29 is 17.6 Å². The lowest BCUT2D eigenvalue weighted by molar-refractivity contribution is -0.120. The maximum Gasteiger partial charge on any atom is 0.235 e. The second-order valence-corrected chi connectivity index (χ2v) is 7.75. The van der Waals surface area contributed by atoms with Gasteiger partial charge in [-0.25, -0.2) is 8.42 Å². The minimum absolute atomic E-state index is 0.0305. The molecular formula is C12H20FNO3S. The quantitative estimate of drug-likeness (QED) is 0.821. The second-order valence-electron chi connectivity index (χ2n) is 5.47. The fourth-order valence-corrected chi connectivity index (χ4v) is 4.53. The summed E-state index contributed by atoms with van der Waals surface area (Å²) < 4.78 is 36.1. The van der Waals surface area contributed by atoms with Crippen LogP contribution in [0.3, 0.4) is 0 Å². The fraction of sp³-hybridized carbons (Fsp3) is 0.917. The van der Waals surface area contributed by atoms with E-state index < -0.39 is 21.5 Å². The van der Waals surface area contributed by atoms with Crippen LogP contribution in [0.2, 0.25) is 0 Å². The monoisotopic (exact) mass is 277 g/mol. The highest BCUT2D eigenvalue weighted by Gasteiger charge is 2.34. The number of rotatable bonds is 5. The maximum atomic E-state index is 12.2. The molecule has 2 fully saturated rings. The SMILES string of the molecule is O=C(CS(=O)(=O)C1CCCC1)NC1CC(CF)C1. The topological polar surface area (TPSA) is 63.2 Å². The van der Waals surface area contributed by atoms with Crippen LogP contribution in [0, 0.1) is 5.92 Å². The highest BCUT2D eigenvalue weighted by Crippen LogP contribution is 2.28. The molecule has 2 rings (SSSR count). The van der Waals surface area contributed by atoms with Gasteiger partial charge in [-0.1, -0.05) is 12.8 Å². The molecule has 2 aliphatic carbocycles. The maximum absolute atomic E-state index is 12.2. The van der Waals surface area contributed by atoms with Crippen LogP contribution >= 0.6 is 0 Å². The Morgan fingerprint density at radius 1 is 1.22 bits per heavy atom. The van der Waals surface area contributed by atoms with E-state index in [2.05, 4.69) is 5.32 Å². The van der Waals surface area contributed by atoms with Crippen molar-refractivity contribution in [2.45, 2.75) is 49.8 Å². The summed E-state index contributed by atoms with van der Waals surface area (Å²) in [6.45, 7) is -0.354. The Bertz CT molecular complexity index is 398. The van der Waals surface area contributed by atoms with Gasteiger partial charge in [-0.15, -0.1) is 0 Å². The van der Waals surface area contributed by atoms with E-state index in [-0.39, 0.29) is 23.9 Å². The van der Waals surface area contributed by atoms with Gasteiger partial charge in [0, 0.05) is 6.04 Å². The van der Waals surface area contributed by atoms with E-state index in [9.17, 15) is 17.6 Å². The Morgan fingerprint density at radius 3 is 2.39 bits per heavy atom. The first-order chi connectivity index (χ1) is 8.51. The van der Waals surface area contributed by atoms with Crippen LogP contribution in [0.1, 0.15) is 38.5 Å². The first-order valence-electron chi connectivity index (χ1n) is 6.58. The summed E-state index contributed by atoms with van der Waals surface area (Å²) in [7, 11) is -3.29. The van der Waals surface area contributed by atoms with Crippen molar-refractivity contribution in [3.05, 3.63) is 0 Å². The first kappa shape index (κ1) is 13.8. The van der Waals surface area contributed by atoms with E-state index in [1.54, 1.807) is 0 Å². The number of halogens is 1. The van der Waals surface area contributed by atoms with E-state index in [1.807, 2.05) is 0 Å². The van der Waals surface area contributed by atoms with Crippen molar-refractivity contribution >= 4 is 15.7 Å². The van der Waals surface area contributed by atoms with Gasteiger partial charge < -0.3 is 5.32 Å². The van der Waals surface area contributed by atoms with Crippen molar-refractivity contribution in [1.29, 1.82) is 0 Å². The lowest BCUT2D eigenvalue weighted by Gasteiger charge is -2.34. The minimum Gasteiger partial charge on any atom is -0.352 e. The molecule has 6 heteroatoms. The summed E-state index contributed by atoms with van der Waals surface area (Å²) >= 11 is 0. The molecular weight excluding hydrogens is 257 g/mol. The van der Waals surface area contributed by atoms with Gasteiger partial charge in [0.15, 0.2) is 9.84 Å². The highest BCUT2D eigenvalue weighted by molar-refractivity contribution is 7.92. The van der Waals surface area contributed by atoms with Crippen molar-refractivity contribution in [3.63, 3.8) is 0 Å². The summed E-state index contributed by atoms with van der Waals surface area (Å²) in [5, 5.41) is 2.35. The second kappa shape index (κ2) is 5.55. The lowest BCUT2D eigenvalue weighted by atomic mass is 9.81. The third-order valence-corrected chi connectivity index (χ3v) is 6.11. The van der Waals surface area contributed by atoms with Gasteiger partial charge in [0.2, 0.25) is 5.91 Å². The Morgan fingerprint density at radius 2 is 1.83 bits per heavy atom. The number of amides is 1. The zero-order valence-electron chi connectivity index (χ0n) is 10.4. The summed E-state index contributed by atoms with van der Waals surface area (Å²) in [6, 6.07) is -0.0305. The fourth-order valence-electron chi connectivity index (χ4n) is 2.80. The van der Waals surface area contributed by atoms with Gasteiger partial charge in [0.1, 0.15) is 5.75 Å². The third-order valence-electron chi connectivity index (χ3n) is 3.96. The highest BCUT2D eigenvalue weighted by atomic mass is 32.2. The molecule has 0 aliphatic heterocycles. The Labute approximate surface area is 107 Å². The van der Waals surface area contributed by atoms with Crippen LogP contribution in [0.15, 0.2) is 0 Å². The molecule has 18 heavy (non-hydrogen) atoms. The van der Waals surface area contributed by atoms with Gasteiger partial charge in [-0.2, -0.15) is 0 Å². The number of carbonyl (C=O) groups is 1. The molecule has 104 valence electrons. The molecule has 2 aliphatic rings. The average Bonchev–Trinajstić information content (AvgIpc) is 2.75. The van der Waals surface area contributed by atoms with E-state index in [0.29, 0.717) is 25.7 Å². The van der Waals surface area contributed by atoms with Gasteiger partial charge >= 0.3 is 0 Å². The summed E-state index contributed by atoms with van der Waals surface area (Å²) in [5.74, 6) is -0.792. The van der Waals surface area contributed by atoms with Gasteiger partial charge in [-0.3, -0.25) is 9.18 Å². The molecule has 1 N–H and O–H groups in total. The van der Waals surface area contributed by atoms with Crippen LogP contribution in [0.25, 0.3) is 0 Å². The molecule has 1 amide bonds. The summed E-state index contributed by atoms with van der Waals surface area (Å²) in [6.07, 6.45) is 4.50. The van der Waals surface area contributed by atoms with Gasteiger partial charge in [0.25, 0.3) is 0 Å². The molecule has 0 bridgehead atoms. The Hall–Kier alpha value is -0.650. The first-order valence-corrected chi connectivity index (χ1v) is 8.29. The molecule has 0 aromatic carbocycles. The molecule has 0 unspecified atom stereocenters. The van der Waals surface area contributed by atoms with Crippen molar-refractivity contribution in [3.8, 4) is 0 Å². The van der Waals surface area contributed by atoms with Gasteiger partial charge in [-0.05, 0) is 31.6 Å². The summed E-state index contributed by atoms with van der Waals surface area (Å²) in [5.41, 5.74) is 0. The van der Waals surface area contributed by atoms with Crippen LogP contribution < -0.4 is 5.32 Å². The molecule has 0 spiro atoms. The number of carbonyl (C=O) groups excluding carboxylic acids is 1. The molecule has 0 aromatic heterocycles. The summed E-state index contributed by atoms with van der Waals surface area (Å²) in [4.78, 5) is 11.6. The number of hydrogen-bond donors (Lipinski definition) is 1. The molecule has 0 radical (unpaired) electrons. The van der Waals surface area contributed by atoms with Gasteiger partial charge in [0.05, 0.1) is 11.9 Å². The lowest BCUT2D eigenvalue weighted by Crippen LogP contribution is -2.47. The number of alkyl halides is 1. The predicted molar refractivity (Wildman–Crippen MR) is 66.7 cm³/mol. The van der Waals surface area contributed by atoms with E-state index in [4.69, 9.17) is 0 Å². The molecule has 0 saturated heterocycles. The smallest absolute Gasteiger partial charge is 0.235 e. The van der Waals surface area contributed by atoms with Crippen LogP contribution in [-0.2, 0) is 14.6 Å². The van der Waals surface area contributed by atoms with E-state index in [1.165, 1.54) is 0 Å². The van der Waals surface area contributed by atoms with Crippen LogP contribution in [0.4, 0.5) is 4.39 Å². The zero-order valence-corrected chi connectivity index (χ0v) is 11.2. The van der Waals surface area contributed by atoms with Crippen molar-refractivity contribution in [2.24, 2.45) is 5.92 Å². The number of nitrogens with one attached hydrogen (secondary N) is 1. The van der Waals surface area contributed by atoms with Crippen LogP contribution in [-0.4, -0.2) is 38.0 Å². The van der Waals surface area contributed by atoms with Crippen LogP contribution in [0.5, 0.6) is 0 Å². The third kappa shape index (κ3) is 3.22. The van der Waals surface area contributed by atoms with E-state index in [0.717, 1.165) is 12.8 Å². The standard InChI is InChI=1S/C12H20FNO3S/c13-7-9-5-10(6-9)14-12(15)8-18(16,17)11-3-1-2-4-11/h9-11H,1-8H2,(H,14,15). The predicted octanol–water partition coefficient (Wildman–Crippen LogP) is 1.21. The number of hydrogen-bond acceptors (Lipinski definition) is 3. The average molecular weight is 277 g/mol. The Balaban J connectivity index is 1.77. The molecule has 0 heterocycles.